The van der Waals surface area contributed by atoms with E-state index in [1.165, 1.54) is 45.7 Å². The third kappa shape index (κ3) is 4.43. The van der Waals surface area contributed by atoms with Crippen LogP contribution in [0.4, 0.5) is 9.18 Å². The zero-order valence-electron chi connectivity index (χ0n) is 16.2. The second-order valence-electron chi connectivity index (χ2n) is 7.17. The van der Waals surface area contributed by atoms with Gasteiger partial charge in [-0.25, -0.2) is 22.6 Å². The van der Waals surface area contributed by atoms with Crippen LogP contribution in [-0.4, -0.2) is 52.2 Å². The lowest BCUT2D eigenvalue weighted by molar-refractivity contribution is 0.0333. The molecular weight excluding hydrogens is 401 g/mol. The van der Waals surface area contributed by atoms with Crippen molar-refractivity contribution in [1.82, 2.24) is 13.9 Å². The Labute approximate surface area is 169 Å². The number of sulfonamides is 1. The van der Waals surface area contributed by atoms with E-state index in [0.29, 0.717) is 18.4 Å². The summed E-state index contributed by atoms with van der Waals surface area (Å²) in [6.07, 6.45) is 2.39. The van der Waals surface area contributed by atoms with Gasteiger partial charge in [0.1, 0.15) is 11.9 Å². The standard InChI is InChI=1S/C19H24FN3O5S/c1-3-4-5-16-18(28-19(24)25)15(13-6-8-14(20)9-7-13)10-23(16)29(26,27)17-11-22(2)12-21-17/h6-9,11-12,15-16,18H,3-5,10H2,1-2H3,(H,24,25). The first-order valence-electron chi connectivity index (χ1n) is 9.39. The lowest BCUT2D eigenvalue weighted by atomic mass is 9.91. The molecule has 0 bridgehead atoms. The van der Waals surface area contributed by atoms with Gasteiger partial charge in [-0.05, 0) is 24.1 Å². The van der Waals surface area contributed by atoms with Gasteiger partial charge in [-0.2, -0.15) is 4.31 Å². The Bertz CT molecular complexity index is 960. The van der Waals surface area contributed by atoms with Crippen molar-refractivity contribution in [3.05, 3.63) is 48.2 Å². The zero-order valence-corrected chi connectivity index (χ0v) is 17.0. The van der Waals surface area contributed by atoms with E-state index in [0.717, 1.165) is 6.42 Å². The minimum absolute atomic E-state index is 0.0247. The Kier molecular flexibility index (Phi) is 6.23. The van der Waals surface area contributed by atoms with E-state index >= 15 is 0 Å². The van der Waals surface area contributed by atoms with Gasteiger partial charge >= 0.3 is 6.16 Å². The van der Waals surface area contributed by atoms with Crippen molar-refractivity contribution < 1.29 is 27.4 Å². The summed E-state index contributed by atoms with van der Waals surface area (Å²) in [7, 11) is -2.29. The molecule has 2 heterocycles. The van der Waals surface area contributed by atoms with Crippen molar-refractivity contribution in [1.29, 1.82) is 0 Å². The molecule has 1 aromatic carbocycles. The van der Waals surface area contributed by atoms with E-state index in [-0.39, 0.29) is 11.6 Å². The zero-order chi connectivity index (χ0) is 21.2. The van der Waals surface area contributed by atoms with E-state index in [2.05, 4.69) is 4.98 Å². The number of aryl methyl sites for hydroxylation is 1. The number of benzene rings is 1. The molecule has 3 atom stereocenters. The summed E-state index contributed by atoms with van der Waals surface area (Å²) in [5.41, 5.74) is 0.623. The van der Waals surface area contributed by atoms with E-state index in [1.807, 2.05) is 6.92 Å². The Hall–Kier alpha value is -2.46. The Morgan fingerprint density at radius 1 is 1.34 bits per heavy atom. The van der Waals surface area contributed by atoms with Crippen LogP contribution in [0.25, 0.3) is 0 Å². The Morgan fingerprint density at radius 2 is 2.03 bits per heavy atom. The molecule has 158 valence electrons. The van der Waals surface area contributed by atoms with Crippen molar-refractivity contribution in [3.8, 4) is 0 Å². The van der Waals surface area contributed by atoms with Crippen LogP contribution in [0.2, 0.25) is 0 Å². The molecule has 0 saturated carbocycles. The molecular formula is C19H24FN3O5S. The van der Waals surface area contributed by atoms with Crippen LogP contribution in [-0.2, 0) is 21.8 Å². The van der Waals surface area contributed by atoms with E-state index in [9.17, 15) is 22.7 Å². The molecule has 0 radical (unpaired) electrons. The second kappa shape index (κ2) is 8.50. The number of halogens is 1. The lowest BCUT2D eigenvalue weighted by Gasteiger charge is -2.26. The van der Waals surface area contributed by atoms with Gasteiger partial charge in [-0.1, -0.05) is 31.9 Å². The number of hydrogen-bond acceptors (Lipinski definition) is 5. The highest BCUT2D eigenvalue weighted by molar-refractivity contribution is 7.89. The SMILES string of the molecule is CCCCC1C(OC(=O)O)C(c2ccc(F)cc2)CN1S(=O)(=O)c1cn(C)cn1. The topological polar surface area (TPSA) is 102 Å². The van der Waals surface area contributed by atoms with Crippen molar-refractivity contribution in [2.24, 2.45) is 7.05 Å². The minimum Gasteiger partial charge on any atom is -0.450 e. The summed E-state index contributed by atoms with van der Waals surface area (Å²) < 4.78 is 47.9. The van der Waals surface area contributed by atoms with Crippen LogP contribution in [0.5, 0.6) is 0 Å². The Morgan fingerprint density at radius 3 is 2.59 bits per heavy atom. The first-order valence-corrected chi connectivity index (χ1v) is 10.8. The third-order valence-corrected chi connectivity index (χ3v) is 6.94. The highest BCUT2D eigenvalue weighted by Crippen LogP contribution is 2.39. The molecule has 1 fully saturated rings. The van der Waals surface area contributed by atoms with Gasteiger partial charge < -0.3 is 14.4 Å². The molecule has 2 aromatic rings. The molecule has 0 aliphatic carbocycles. The van der Waals surface area contributed by atoms with E-state index in [4.69, 9.17) is 4.74 Å². The highest BCUT2D eigenvalue weighted by atomic mass is 32.2. The number of aromatic nitrogens is 2. The molecule has 29 heavy (non-hydrogen) atoms. The summed E-state index contributed by atoms with van der Waals surface area (Å²) in [6, 6.07) is 4.93. The van der Waals surface area contributed by atoms with Crippen molar-refractivity contribution in [3.63, 3.8) is 0 Å². The second-order valence-corrected chi connectivity index (χ2v) is 9.01. The average Bonchev–Trinajstić information content (AvgIpc) is 3.25. The fraction of sp³-hybridized carbons (Fsp3) is 0.474. The number of rotatable bonds is 7. The number of carboxylic acid groups (broad SMARTS) is 1. The Balaban J connectivity index is 2.04. The first-order chi connectivity index (χ1) is 13.7. The molecule has 1 aliphatic rings. The number of unbranched alkanes of at least 4 members (excludes halogenated alkanes) is 1. The van der Waals surface area contributed by atoms with Gasteiger partial charge in [0, 0.05) is 25.7 Å². The molecule has 3 unspecified atom stereocenters. The summed E-state index contributed by atoms with van der Waals surface area (Å²) in [5, 5.41) is 9.17. The normalized spacial score (nSPS) is 22.7. The fourth-order valence-electron chi connectivity index (χ4n) is 3.79. The fourth-order valence-corrected chi connectivity index (χ4v) is 5.45. The maximum atomic E-state index is 13.4. The number of ether oxygens (including phenoxy) is 1. The van der Waals surface area contributed by atoms with Crippen molar-refractivity contribution in [2.75, 3.05) is 6.54 Å². The van der Waals surface area contributed by atoms with Crippen LogP contribution in [0.1, 0.15) is 37.7 Å². The van der Waals surface area contributed by atoms with Gasteiger partial charge in [0.15, 0.2) is 5.03 Å². The molecule has 0 spiro atoms. The molecule has 3 rings (SSSR count). The van der Waals surface area contributed by atoms with Crippen LogP contribution >= 0.6 is 0 Å². The molecule has 0 amide bonds. The predicted octanol–water partition coefficient (Wildman–Crippen LogP) is 2.97. The summed E-state index contributed by atoms with van der Waals surface area (Å²) >= 11 is 0. The van der Waals surface area contributed by atoms with Crippen molar-refractivity contribution in [2.45, 2.75) is 49.3 Å². The van der Waals surface area contributed by atoms with Gasteiger partial charge in [-0.3, -0.25) is 0 Å². The van der Waals surface area contributed by atoms with Gasteiger partial charge in [0.2, 0.25) is 0 Å². The summed E-state index contributed by atoms with van der Waals surface area (Å²) in [5.74, 6) is -0.977. The molecule has 1 aromatic heterocycles. The monoisotopic (exact) mass is 425 g/mol. The molecule has 1 N–H and O–H groups in total. The van der Waals surface area contributed by atoms with Crippen LogP contribution in [0.3, 0.4) is 0 Å². The quantitative estimate of drug-likeness (QED) is 0.685. The van der Waals surface area contributed by atoms with Crippen molar-refractivity contribution >= 4 is 16.2 Å². The van der Waals surface area contributed by atoms with Crippen LogP contribution < -0.4 is 0 Å². The smallest absolute Gasteiger partial charge is 0.450 e. The molecule has 10 heteroatoms. The van der Waals surface area contributed by atoms with E-state index < -0.39 is 40.1 Å². The van der Waals surface area contributed by atoms with Crippen LogP contribution in [0.15, 0.2) is 41.8 Å². The minimum atomic E-state index is -3.96. The lowest BCUT2D eigenvalue weighted by Crippen LogP contribution is -2.41. The average molecular weight is 425 g/mol. The van der Waals surface area contributed by atoms with Gasteiger partial charge in [0.05, 0.1) is 12.4 Å². The predicted molar refractivity (Wildman–Crippen MR) is 102 cm³/mol. The highest BCUT2D eigenvalue weighted by Gasteiger charge is 2.50. The largest absolute Gasteiger partial charge is 0.506 e. The number of carbonyl (C=O) groups is 1. The first kappa shape index (κ1) is 21.3. The summed E-state index contributed by atoms with van der Waals surface area (Å²) in [4.78, 5) is 15.3. The third-order valence-electron chi connectivity index (χ3n) is 5.17. The molecule has 1 aliphatic heterocycles. The van der Waals surface area contributed by atoms with E-state index in [1.54, 1.807) is 7.05 Å². The maximum absolute atomic E-state index is 13.4. The maximum Gasteiger partial charge on any atom is 0.506 e. The van der Waals surface area contributed by atoms with Gasteiger partial charge in [0.25, 0.3) is 10.0 Å². The number of imidazole rings is 1. The van der Waals surface area contributed by atoms with Gasteiger partial charge in [-0.15, -0.1) is 0 Å². The summed E-state index contributed by atoms with van der Waals surface area (Å²) in [6.45, 7) is 1.99. The number of hydrogen-bond donors (Lipinski definition) is 1. The molecule has 1 saturated heterocycles. The number of nitrogens with zero attached hydrogens (tertiary/aromatic N) is 3. The molecule has 8 nitrogen and oxygen atoms in total. The van der Waals surface area contributed by atoms with Crippen LogP contribution in [0, 0.1) is 5.82 Å².